The summed E-state index contributed by atoms with van der Waals surface area (Å²) in [6.07, 6.45) is 5.26. The van der Waals surface area contributed by atoms with Gasteiger partial charge in [0, 0.05) is 19.7 Å². The topological polar surface area (TPSA) is 84.7 Å². The molecule has 0 saturated heterocycles. The van der Waals surface area contributed by atoms with E-state index in [4.69, 9.17) is 0 Å². The van der Waals surface area contributed by atoms with Crippen molar-refractivity contribution in [1.29, 1.82) is 0 Å². The van der Waals surface area contributed by atoms with Crippen molar-refractivity contribution in [2.75, 3.05) is 17.7 Å². The minimum Gasteiger partial charge on any atom is -0.373 e. The van der Waals surface area contributed by atoms with Crippen LogP contribution in [0.15, 0.2) is 30.7 Å². The van der Waals surface area contributed by atoms with Gasteiger partial charge in [-0.3, -0.25) is 9.48 Å². The molecular formula is C11H14N6O. The normalized spacial score (nSPS) is 10.1. The second-order valence-electron chi connectivity index (χ2n) is 3.65. The smallest absolute Gasteiger partial charge is 0.226 e. The van der Waals surface area contributed by atoms with Crippen LogP contribution in [0.25, 0.3) is 0 Å². The highest BCUT2D eigenvalue weighted by Crippen LogP contribution is 2.09. The fourth-order valence-electron chi connectivity index (χ4n) is 1.41. The van der Waals surface area contributed by atoms with Crippen LogP contribution in [-0.2, 0) is 11.3 Å². The zero-order chi connectivity index (χ0) is 12.8. The van der Waals surface area contributed by atoms with Crippen molar-refractivity contribution in [1.82, 2.24) is 20.0 Å². The van der Waals surface area contributed by atoms with E-state index in [-0.39, 0.29) is 5.91 Å². The molecule has 0 atom stereocenters. The van der Waals surface area contributed by atoms with E-state index in [9.17, 15) is 4.79 Å². The largest absolute Gasteiger partial charge is 0.373 e. The first kappa shape index (κ1) is 12.0. The lowest BCUT2D eigenvalue weighted by atomic mass is 10.3. The lowest BCUT2D eigenvalue weighted by Crippen LogP contribution is -2.15. The van der Waals surface area contributed by atoms with E-state index in [2.05, 4.69) is 25.9 Å². The number of pyridine rings is 1. The van der Waals surface area contributed by atoms with E-state index in [0.29, 0.717) is 18.7 Å². The Labute approximate surface area is 104 Å². The van der Waals surface area contributed by atoms with Crippen molar-refractivity contribution in [3.05, 3.63) is 30.7 Å². The molecule has 0 spiro atoms. The number of amides is 1. The summed E-state index contributed by atoms with van der Waals surface area (Å²) in [5.74, 6) is 0.681. The number of carbonyl (C=O) groups is 1. The molecule has 0 aliphatic carbocycles. The molecule has 2 rings (SSSR count). The molecule has 0 fully saturated rings. The highest BCUT2D eigenvalue weighted by molar-refractivity contribution is 5.90. The average molecular weight is 246 g/mol. The Bertz CT molecular complexity index is 493. The molecule has 0 radical (unpaired) electrons. The number of aromatic nitrogens is 4. The highest BCUT2D eigenvalue weighted by Gasteiger charge is 2.03. The van der Waals surface area contributed by atoms with Crippen LogP contribution in [0.2, 0.25) is 0 Å². The monoisotopic (exact) mass is 246 g/mol. The van der Waals surface area contributed by atoms with Crippen LogP contribution in [-0.4, -0.2) is 32.9 Å². The maximum absolute atomic E-state index is 11.6. The van der Waals surface area contributed by atoms with E-state index >= 15 is 0 Å². The number of rotatable bonds is 5. The molecule has 0 saturated carbocycles. The standard InChI is InChI=1S/C11H14N6O/c1-12-10-3-2-9(8-13-10)15-11(18)4-6-17-7-5-14-16-17/h2-3,5,7-8H,4,6H2,1H3,(H,12,13)(H,15,18). The third-order valence-electron chi connectivity index (χ3n) is 2.34. The van der Waals surface area contributed by atoms with E-state index in [1.807, 2.05) is 0 Å². The molecular weight excluding hydrogens is 232 g/mol. The van der Waals surface area contributed by atoms with Crippen molar-refractivity contribution in [3.63, 3.8) is 0 Å². The minimum atomic E-state index is -0.0792. The number of carbonyl (C=O) groups excluding carboxylic acids is 1. The summed E-state index contributed by atoms with van der Waals surface area (Å²) in [4.78, 5) is 15.8. The van der Waals surface area contributed by atoms with Gasteiger partial charge >= 0.3 is 0 Å². The number of nitrogens with zero attached hydrogens (tertiary/aromatic N) is 4. The number of hydrogen-bond donors (Lipinski definition) is 2. The summed E-state index contributed by atoms with van der Waals surface area (Å²) in [5, 5.41) is 13.1. The molecule has 0 aliphatic rings. The van der Waals surface area contributed by atoms with Gasteiger partial charge in [0.1, 0.15) is 5.82 Å². The third kappa shape index (κ3) is 3.27. The van der Waals surface area contributed by atoms with Crippen molar-refractivity contribution in [3.8, 4) is 0 Å². The van der Waals surface area contributed by atoms with Gasteiger partial charge in [-0.25, -0.2) is 4.98 Å². The fourth-order valence-corrected chi connectivity index (χ4v) is 1.41. The average Bonchev–Trinajstić information content (AvgIpc) is 2.90. The van der Waals surface area contributed by atoms with E-state index in [1.54, 1.807) is 42.5 Å². The molecule has 1 amide bonds. The van der Waals surface area contributed by atoms with Crippen molar-refractivity contribution in [2.45, 2.75) is 13.0 Å². The predicted octanol–water partition coefficient (Wildman–Crippen LogP) is 0.744. The number of anilines is 2. The molecule has 7 nitrogen and oxygen atoms in total. The van der Waals surface area contributed by atoms with Crippen LogP contribution in [0.1, 0.15) is 6.42 Å². The van der Waals surface area contributed by atoms with Crippen molar-refractivity contribution in [2.24, 2.45) is 0 Å². The quantitative estimate of drug-likeness (QED) is 0.813. The zero-order valence-corrected chi connectivity index (χ0v) is 10.00. The van der Waals surface area contributed by atoms with Crippen LogP contribution in [0.4, 0.5) is 11.5 Å². The van der Waals surface area contributed by atoms with Crippen LogP contribution >= 0.6 is 0 Å². The summed E-state index contributed by atoms with van der Waals surface area (Å²) in [7, 11) is 1.79. The zero-order valence-electron chi connectivity index (χ0n) is 10.00. The molecule has 2 aromatic rings. The SMILES string of the molecule is CNc1ccc(NC(=O)CCn2ccnn2)cn1. The molecule has 2 N–H and O–H groups in total. The number of hydrogen-bond acceptors (Lipinski definition) is 5. The summed E-state index contributed by atoms with van der Waals surface area (Å²) >= 11 is 0. The highest BCUT2D eigenvalue weighted by atomic mass is 16.1. The summed E-state index contributed by atoms with van der Waals surface area (Å²) in [6.45, 7) is 0.508. The first-order valence-corrected chi connectivity index (χ1v) is 5.55. The Morgan fingerprint density at radius 3 is 2.94 bits per heavy atom. The van der Waals surface area contributed by atoms with Crippen LogP contribution in [0, 0.1) is 0 Å². The lowest BCUT2D eigenvalue weighted by molar-refractivity contribution is -0.116. The first-order valence-electron chi connectivity index (χ1n) is 5.55. The fraction of sp³-hybridized carbons (Fsp3) is 0.273. The predicted molar refractivity (Wildman–Crippen MR) is 67.1 cm³/mol. The molecule has 94 valence electrons. The van der Waals surface area contributed by atoms with Gasteiger partial charge in [0.15, 0.2) is 0 Å². The lowest BCUT2D eigenvalue weighted by Gasteiger charge is -2.05. The van der Waals surface area contributed by atoms with Crippen LogP contribution in [0.3, 0.4) is 0 Å². The molecule has 0 aromatic carbocycles. The minimum absolute atomic E-state index is 0.0792. The van der Waals surface area contributed by atoms with Gasteiger partial charge in [-0.05, 0) is 12.1 Å². The Morgan fingerprint density at radius 2 is 2.33 bits per heavy atom. The second kappa shape index (κ2) is 5.76. The van der Waals surface area contributed by atoms with E-state index in [0.717, 1.165) is 5.82 Å². The Morgan fingerprint density at radius 1 is 1.44 bits per heavy atom. The Balaban J connectivity index is 1.83. The summed E-state index contributed by atoms with van der Waals surface area (Å²) < 4.78 is 1.61. The molecule has 0 aliphatic heterocycles. The van der Waals surface area contributed by atoms with Crippen molar-refractivity contribution >= 4 is 17.4 Å². The van der Waals surface area contributed by atoms with Crippen molar-refractivity contribution < 1.29 is 4.79 Å². The van der Waals surface area contributed by atoms with Gasteiger partial charge in [0.2, 0.25) is 5.91 Å². The van der Waals surface area contributed by atoms with Crippen LogP contribution < -0.4 is 10.6 Å². The van der Waals surface area contributed by atoms with Gasteiger partial charge in [-0.1, -0.05) is 5.21 Å². The Kier molecular flexibility index (Phi) is 3.85. The van der Waals surface area contributed by atoms with Gasteiger partial charge in [-0.2, -0.15) is 0 Å². The molecule has 0 bridgehead atoms. The van der Waals surface area contributed by atoms with Gasteiger partial charge in [0.25, 0.3) is 0 Å². The molecule has 18 heavy (non-hydrogen) atoms. The maximum atomic E-state index is 11.6. The second-order valence-corrected chi connectivity index (χ2v) is 3.65. The molecule has 7 heteroatoms. The molecule has 2 aromatic heterocycles. The van der Waals surface area contributed by atoms with Gasteiger partial charge in [-0.15, -0.1) is 5.10 Å². The van der Waals surface area contributed by atoms with Crippen LogP contribution in [0.5, 0.6) is 0 Å². The maximum Gasteiger partial charge on any atom is 0.226 e. The number of nitrogens with one attached hydrogen (secondary N) is 2. The number of aryl methyl sites for hydroxylation is 1. The summed E-state index contributed by atoms with van der Waals surface area (Å²) in [6, 6.07) is 3.60. The first-order chi connectivity index (χ1) is 8.78. The van der Waals surface area contributed by atoms with Gasteiger partial charge < -0.3 is 10.6 Å². The summed E-state index contributed by atoms with van der Waals surface area (Å²) in [5.41, 5.74) is 0.678. The molecule has 0 unspecified atom stereocenters. The Hall–Kier alpha value is -2.44. The molecule has 2 heterocycles. The van der Waals surface area contributed by atoms with E-state index < -0.39 is 0 Å². The van der Waals surface area contributed by atoms with Gasteiger partial charge in [0.05, 0.1) is 24.6 Å². The van der Waals surface area contributed by atoms with E-state index in [1.165, 1.54) is 0 Å². The third-order valence-corrected chi connectivity index (χ3v) is 2.34.